The van der Waals surface area contributed by atoms with Gasteiger partial charge in [0, 0.05) is 36.5 Å². The van der Waals surface area contributed by atoms with E-state index in [1.54, 1.807) is 0 Å². The van der Waals surface area contributed by atoms with Crippen LogP contribution in [0.15, 0.2) is 6.07 Å². The van der Waals surface area contributed by atoms with Crippen LogP contribution in [0, 0.1) is 0 Å². The minimum Gasteiger partial charge on any atom is -0.508 e. The molecule has 2 aliphatic heterocycles. The van der Waals surface area contributed by atoms with E-state index in [4.69, 9.17) is 4.74 Å². The highest BCUT2D eigenvalue weighted by molar-refractivity contribution is 5.90. The highest BCUT2D eigenvalue weighted by Crippen LogP contribution is 2.67. The summed E-state index contributed by atoms with van der Waals surface area (Å²) < 4.78 is 6.51. The molecule has 7 heteroatoms. The zero-order valence-electron chi connectivity index (χ0n) is 15.9. The number of likely N-dealkylation sites (N-methyl/N-ethyl adjacent to an activating group) is 1. The van der Waals surface area contributed by atoms with Gasteiger partial charge in [0.25, 0.3) is 0 Å². The fourth-order valence-electron chi connectivity index (χ4n) is 7.06. The lowest BCUT2D eigenvalue weighted by molar-refractivity contribution is -0.952. The highest BCUT2D eigenvalue weighted by atomic mass is 16.5. The van der Waals surface area contributed by atoms with Gasteiger partial charge in [-0.15, -0.1) is 0 Å². The number of carbonyl (C=O) groups excluding carboxylic acids is 1. The molecular weight excluding hydrogens is 362 g/mol. The number of benzene rings is 1. The van der Waals surface area contributed by atoms with E-state index in [0.29, 0.717) is 48.0 Å². The summed E-state index contributed by atoms with van der Waals surface area (Å²) in [5, 5.41) is 43.9. The van der Waals surface area contributed by atoms with Crippen molar-refractivity contribution in [3.63, 3.8) is 0 Å². The topological polar surface area (TPSA) is 107 Å². The molecule has 1 aromatic carbocycles. The maximum absolute atomic E-state index is 12.8. The molecular formula is C21H26NO6+. The van der Waals surface area contributed by atoms with Gasteiger partial charge in [-0.25, -0.2) is 0 Å². The summed E-state index contributed by atoms with van der Waals surface area (Å²) in [5.74, 6) is 0.0115. The van der Waals surface area contributed by atoms with E-state index in [0.717, 1.165) is 12.8 Å². The summed E-state index contributed by atoms with van der Waals surface area (Å²) in [7, 11) is 2.08. The van der Waals surface area contributed by atoms with Crippen molar-refractivity contribution < 1.29 is 34.4 Å². The van der Waals surface area contributed by atoms with E-state index in [1.165, 1.54) is 6.07 Å². The maximum atomic E-state index is 12.8. The maximum Gasteiger partial charge on any atom is 0.174 e. The van der Waals surface area contributed by atoms with Gasteiger partial charge in [0.15, 0.2) is 23.4 Å². The largest absolute Gasteiger partial charge is 0.508 e. The zero-order chi connectivity index (χ0) is 19.7. The van der Waals surface area contributed by atoms with Crippen LogP contribution in [0.1, 0.15) is 43.2 Å². The summed E-state index contributed by atoms with van der Waals surface area (Å²) in [6, 6.07) is 1.03. The highest BCUT2D eigenvalue weighted by Gasteiger charge is 2.77. The Kier molecular flexibility index (Phi) is 2.84. The minimum absolute atomic E-state index is 0.0106. The molecule has 2 saturated carbocycles. The second-order valence-corrected chi connectivity index (χ2v) is 10.0. The number of aromatic hydroxyl groups is 2. The first-order valence-electron chi connectivity index (χ1n) is 10.2. The Morgan fingerprint density at radius 2 is 1.93 bits per heavy atom. The number of hydrogen-bond donors (Lipinski definition) is 4. The van der Waals surface area contributed by atoms with Gasteiger partial charge in [-0.05, 0) is 19.3 Å². The number of ether oxygens (including phenoxy) is 1. The van der Waals surface area contributed by atoms with Gasteiger partial charge in [-0.3, -0.25) is 4.79 Å². The second-order valence-electron chi connectivity index (χ2n) is 10.0. The fourth-order valence-corrected chi connectivity index (χ4v) is 7.06. The van der Waals surface area contributed by atoms with Crippen molar-refractivity contribution in [2.45, 2.75) is 67.3 Å². The second kappa shape index (κ2) is 4.66. The molecule has 3 aliphatic carbocycles. The van der Waals surface area contributed by atoms with Gasteiger partial charge in [-0.2, -0.15) is 0 Å². The Hall–Kier alpha value is -1.83. The van der Waals surface area contributed by atoms with Gasteiger partial charge in [0.05, 0.1) is 19.0 Å². The average molecular weight is 388 g/mol. The van der Waals surface area contributed by atoms with E-state index >= 15 is 0 Å². The Balaban J connectivity index is 1.61. The number of nitrogens with zero attached hydrogens (tertiary/aromatic N) is 1. The Bertz CT molecular complexity index is 941. The summed E-state index contributed by atoms with van der Waals surface area (Å²) in [6.45, 7) is 1.27. The van der Waals surface area contributed by atoms with Crippen molar-refractivity contribution in [3.8, 4) is 17.2 Å². The molecule has 0 radical (unpaired) electrons. The molecule has 6 rings (SSSR count). The lowest BCUT2D eigenvalue weighted by Gasteiger charge is -2.64. The van der Waals surface area contributed by atoms with Gasteiger partial charge in [0.1, 0.15) is 29.5 Å². The first-order chi connectivity index (χ1) is 13.1. The predicted molar refractivity (Wildman–Crippen MR) is 97.3 cm³/mol. The van der Waals surface area contributed by atoms with Crippen LogP contribution in [0.25, 0.3) is 0 Å². The number of carbonyl (C=O) groups is 1. The van der Waals surface area contributed by atoms with E-state index in [-0.39, 0.29) is 35.5 Å². The summed E-state index contributed by atoms with van der Waals surface area (Å²) in [6.07, 6.45) is 2.27. The molecule has 0 unspecified atom stereocenters. The third kappa shape index (κ3) is 1.71. The fraction of sp³-hybridized carbons (Fsp3) is 0.667. The van der Waals surface area contributed by atoms with Gasteiger partial charge in [0.2, 0.25) is 0 Å². The van der Waals surface area contributed by atoms with Crippen molar-refractivity contribution in [1.29, 1.82) is 0 Å². The third-order valence-electron chi connectivity index (χ3n) is 8.49. The number of rotatable bonds is 2. The quantitative estimate of drug-likeness (QED) is 0.550. The molecule has 0 amide bonds. The Morgan fingerprint density at radius 1 is 1.18 bits per heavy atom. The number of phenolic OH excluding ortho intramolecular Hbond substituents is 2. The van der Waals surface area contributed by atoms with Crippen LogP contribution in [-0.4, -0.2) is 74.2 Å². The van der Waals surface area contributed by atoms with Crippen LogP contribution < -0.4 is 4.74 Å². The number of aliphatic hydroxyl groups is 2. The van der Waals surface area contributed by atoms with Crippen LogP contribution in [0.5, 0.6) is 17.2 Å². The number of ketones is 1. The number of quaternary nitrogens is 1. The van der Waals surface area contributed by atoms with E-state index < -0.39 is 22.7 Å². The molecule has 1 saturated heterocycles. The molecule has 4 N–H and O–H groups in total. The van der Waals surface area contributed by atoms with Crippen molar-refractivity contribution in [2.75, 3.05) is 20.1 Å². The molecule has 150 valence electrons. The van der Waals surface area contributed by atoms with Crippen LogP contribution in [-0.2, 0) is 16.6 Å². The Morgan fingerprint density at radius 3 is 2.64 bits per heavy atom. The van der Waals surface area contributed by atoms with E-state index in [2.05, 4.69) is 7.05 Å². The van der Waals surface area contributed by atoms with Crippen molar-refractivity contribution in [2.24, 2.45) is 0 Å². The standard InChI is InChI=1S/C21H25NO6/c1-22(10-19(26)4-5-19)7-6-20-16-11-8-15(22)21(20,27)3-2-12(23)18(20)28-17(16)14(25)9-13(11)24/h9,15,18,26-27H,2-8,10H2,1H3,(H-,24,25)/p+1/t15-,18+,20+,21-,22-/m1/s1. The molecule has 5 aliphatic rings. The molecule has 7 nitrogen and oxygen atoms in total. The first kappa shape index (κ1) is 17.1. The molecule has 1 spiro atoms. The van der Waals surface area contributed by atoms with Crippen molar-refractivity contribution >= 4 is 5.78 Å². The van der Waals surface area contributed by atoms with Crippen molar-refractivity contribution in [3.05, 3.63) is 17.2 Å². The molecule has 5 atom stereocenters. The average Bonchev–Trinajstić information content (AvgIpc) is 3.21. The van der Waals surface area contributed by atoms with Crippen LogP contribution in [0.3, 0.4) is 0 Å². The lowest BCUT2D eigenvalue weighted by Crippen LogP contribution is -2.81. The third-order valence-corrected chi connectivity index (χ3v) is 8.49. The van der Waals surface area contributed by atoms with Gasteiger partial charge in [-0.1, -0.05) is 0 Å². The van der Waals surface area contributed by atoms with Crippen molar-refractivity contribution in [1.82, 2.24) is 0 Å². The summed E-state index contributed by atoms with van der Waals surface area (Å²) in [4.78, 5) is 12.8. The van der Waals surface area contributed by atoms with E-state index in [9.17, 15) is 25.2 Å². The number of likely N-dealkylation sites (tertiary alicyclic amines) is 1. The monoisotopic (exact) mass is 388 g/mol. The summed E-state index contributed by atoms with van der Waals surface area (Å²) in [5.41, 5.74) is -1.48. The molecule has 2 bridgehead atoms. The normalized spacial score (nSPS) is 44.0. The number of phenols is 2. The first-order valence-corrected chi connectivity index (χ1v) is 10.2. The minimum atomic E-state index is -1.18. The van der Waals surface area contributed by atoms with Crippen LogP contribution >= 0.6 is 0 Å². The lowest BCUT2D eigenvalue weighted by atomic mass is 9.48. The predicted octanol–water partition coefficient (Wildman–Crippen LogP) is 0.490. The summed E-state index contributed by atoms with van der Waals surface area (Å²) >= 11 is 0. The molecule has 1 aromatic rings. The number of piperidine rings is 1. The number of hydrogen-bond acceptors (Lipinski definition) is 6. The van der Waals surface area contributed by atoms with Crippen LogP contribution in [0.2, 0.25) is 0 Å². The molecule has 2 heterocycles. The van der Waals surface area contributed by atoms with E-state index in [1.807, 2.05) is 0 Å². The molecule has 28 heavy (non-hydrogen) atoms. The Labute approximate surface area is 162 Å². The van der Waals surface area contributed by atoms with Crippen LogP contribution in [0.4, 0.5) is 0 Å². The SMILES string of the molecule is C[N@+]1(CC2(O)CC2)CC[C@]23c4c5c(O)cc(O)c4O[C@H]2C(=O)CC[C@@]3(O)[C@H]1C5. The smallest absolute Gasteiger partial charge is 0.174 e. The number of Topliss-reactive ketones (excluding diaryl/α,β-unsaturated/α-hetero) is 1. The molecule has 0 aromatic heterocycles. The molecule has 3 fully saturated rings. The zero-order valence-corrected chi connectivity index (χ0v) is 15.9. The van der Waals surface area contributed by atoms with Gasteiger partial charge >= 0.3 is 0 Å². The van der Waals surface area contributed by atoms with Gasteiger partial charge < -0.3 is 29.6 Å².